The zero-order chi connectivity index (χ0) is 24.1. The van der Waals surface area contributed by atoms with E-state index in [9.17, 15) is 9.59 Å². The highest BCUT2D eigenvalue weighted by molar-refractivity contribution is 6.30. The number of halogens is 1. The van der Waals surface area contributed by atoms with Gasteiger partial charge in [-0.3, -0.25) is 9.69 Å². The van der Waals surface area contributed by atoms with Crippen molar-refractivity contribution in [3.8, 4) is 5.75 Å². The third-order valence-corrected chi connectivity index (χ3v) is 7.07. The molecule has 0 spiro atoms. The van der Waals surface area contributed by atoms with E-state index in [1.165, 1.54) is 0 Å². The third kappa shape index (κ3) is 5.54. The monoisotopic (exact) mass is 486 g/mol. The highest BCUT2D eigenvalue weighted by atomic mass is 35.5. The summed E-state index contributed by atoms with van der Waals surface area (Å²) in [6.07, 6.45) is 3.07. The number of carbonyl (C=O) groups excluding carboxylic acids is 1. The Hall–Kier alpha value is -2.61. The number of ether oxygens (including phenoxy) is 2. The van der Waals surface area contributed by atoms with Gasteiger partial charge < -0.3 is 19.9 Å². The summed E-state index contributed by atoms with van der Waals surface area (Å²) in [5, 5.41) is 13.0. The molecule has 0 aliphatic carbocycles. The summed E-state index contributed by atoms with van der Waals surface area (Å²) >= 11 is 6.11. The second-order valence-electron chi connectivity index (χ2n) is 9.05. The predicted octanol–water partition coefficient (Wildman–Crippen LogP) is 4.31. The molecule has 8 heteroatoms. The zero-order valence-electron chi connectivity index (χ0n) is 19.3. The van der Waals surface area contributed by atoms with Crippen molar-refractivity contribution in [3.63, 3.8) is 0 Å². The number of nitrogens with one attached hydrogen (secondary N) is 1. The number of carbonyl (C=O) groups is 2. The zero-order valence-corrected chi connectivity index (χ0v) is 20.1. The summed E-state index contributed by atoms with van der Waals surface area (Å²) in [5.41, 5.74) is 0.424. The van der Waals surface area contributed by atoms with Gasteiger partial charge in [0.15, 0.2) is 0 Å². The summed E-state index contributed by atoms with van der Waals surface area (Å²) in [7, 11) is 0. The Balaban J connectivity index is 1.48. The minimum absolute atomic E-state index is 0.0194. The molecule has 0 radical (unpaired) electrons. The van der Waals surface area contributed by atoms with Crippen molar-refractivity contribution in [1.82, 2.24) is 10.2 Å². The van der Waals surface area contributed by atoms with E-state index >= 15 is 0 Å². The SMILES string of the molecule is C[C@H](NC(=O)C1(N2CCC[C@@H](Oc3cccc(Cl)c3)C2)CCOCC1)c1ccc(C(=O)O)cc1. The first-order valence-corrected chi connectivity index (χ1v) is 12.1. The maximum absolute atomic E-state index is 13.7. The highest BCUT2D eigenvalue weighted by Gasteiger charge is 2.47. The van der Waals surface area contributed by atoms with Crippen LogP contribution in [-0.4, -0.2) is 59.8 Å². The molecule has 4 rings (SSSR count). The maximum Gasteiger partial charge on any atom is 0.335 e. The lowest BCUT2D eigenvalue weighted by atomic mass is 9.84. The quantitative estimate of drug-likeness (QED) is 0.606. The lowest BCUT2D eigenvalue weighted by molar-refractivity contribution is -0.144. The molecule has 2 saturated heterocycles. The van der Waals surface area contributed by atoms with Gasteiger partial charge in [0.2, 0.25) is 5.91 Å². The number of hydrogen-bond donors (Lipinski definition) is 2. The molecule has 2 N–H and O–H groups in total. The van der Waals surface area contributed by atoms with Gasteiger partial charge in [0.25, 0.3) is 0 Å². The fourth-order valence-electron chi connectivity index (χ4n) is 4.88. The van der Waals surface area contributed by atoms with Crippen molar-refractivity contribution in [3.05, 3.63) is 64.7 Å². The molecule has 0 bridgehead atoms. The highest BCUT2D eigenvalue weighted by Crippen LogP contribution is 2.33. The van der Waals surface area contributed by atoms with E-state index in [4.69, 9.17) is 26.2 Å². The lowest BCUT2D eigenvalue weighted by Gasteiger charge is -2.48. The summed E-state index contributed by atoms with van der Waals surface area (Å²) in [5.74, 6) is -0.249. The normalized spacial score (nSPS) is 21.4. The van der Waals surface area contributed by atoms with E-state index in [0.717, 1.165) is 30.7 Å². The molecule has 2 atom stereocenters. The molecule has 2 fully saturated rings. The predicted molar refractivity (Wildman–Crippen MR) is 129 cm³/mol. The number of hydrogen-bond acceptors (Lipinski definition) is 5. The van der Waals surface area contributed by atoms with Crippen LogP contribution in [0.5, 0.6) is 5.75 Å². The van der Waals surface area contributed by atoms with E-state index < -0.39 is 11.5 Å². The molecule has 1 amide bonds. The number of benzene rings is 2. The smallest absolute Gasteiger partial charge is 0.335 e. The largest absolute Gasteiger partial charge is 0.489 e. The number of rotatable bonds is 7. The number of aromatic carboxylic acids is 1. The third-order valence-electron chi connectivity index (χ3n) is 6.83. The van der Waals surface area contributed by atoms with E-state index in [0.29, 0.717) is 37.6 Å². The molecule has 2 aromatic rings. The number of carboxylic acids is 1. The van der Waals surface area contributed by atoms with Gasteiger partial charge in [-0.15, -0.1) is 0 Å². The van der Waals surface area contributed by atoms with Crippen molar-refractivity contribution in [2.75, 3.05) is 26.3 Å². The minimum atomic E-state index is -0.968. The van der Waals surface area contributed by atoms with Crippen LogP contribution in [-0.2, 0) is 9.53 Å². The van der Waals surface area contributed by atoms with Crippen LogP contribution in [0.2, 0.25) is 5.02 Å². The van der Waals surface area contributed by atoms with E-state index in [2.05, 4.69) is 10.2 Å². The Morgan fingerprint density at radius 1 is 1.21 bits per heavy atom. The second-order valence-corrected chi connectivity index (χ2v) is 9.49. The van der Waals surface area contributed by atoms with Gasteiger partial charge in [0.1, 0.15) is 17.4 Å². The molecule has 0 unspecified atom stereocenters. The van der Waals surface area contributed by atoms with Crippen LogP contribution in [0.1, 0.15) is 54.6 Å². The lowest BCUT2D eigenvalue weighted by Crippen LogP contribution is -2.64. The molecule has 2 heterocycles. The first kappa shape index (κ1) is 24.5. The van der Waals surface area contributed by atoms with Crippen LogP contribution < -0.4 is 10.1 Å². The first-order chi connectivity index (χ1) is 16.4. The van der Waals surface area contributed by atoms with E-state index in [1.807, 2.05) is 31.2 Å². The van der Waals surface area contributed by atoms with Crippen molar-refractivity contribution in [1.29, 1.82) is 0 Å². The molecular formula is C26H31ClN2O5. The van der Waals surface area contributed by atoms with Crippen LogP contribution in [0, 0.1) is 0 Å². The molecule has 7 nitrogen and oxygen atoms in total. The van der Waals surface area contributed by atoms with Gasteiger partial charge in [0, 0.05) is 24.8 Å². The Morgan fingerprint density at radius 2 is 1.94 bits per heavy atom. The van der Waals surface area contributed by atoms with Crippen LogP contribution in [0.25, 0.3) is 0 Å². The van der Waals surface area contributed by atoms with Gasteiger partial charge >= 0.3 is 5.97 Å². The van der Waals surface area contributed by atoms with E-state index in [-0.39, 0.29) is 23.6 Å². The van der Waals surface area contributed by atoms with Crippen LogP contribution in [0.3, 0.4) is 0 Å². The van der Waals surface area contributed by atoms with Crippen LogP contribution in [0.4, 0.5) is 0 Å². The molecule has 34 heavy (non-hydrogen) atoms. The van der Waals surface area contributed by atoms with Gasteiger partial charge in [-0.2, -0.15) is 0 Å². The van der Waals surface area contributed by atoms with Gasteiger partial charge in [-0.1, -0.05) is 29.8 Å². The Morgan fingerprint density at radius 3 is 2.62 bits per heavy atom. The van der Waals surface area contributed by atoms with Gasteiger partial charge in [-0.05, 0) is 75.0 Å². The number of likely N-dealkylation sites (tertiary alicyclic amines) is 1. The Labute approximate surface area is 205 Å². The number of piperidine rings is 1. The molecule has 2 aliphatic heterocycles. The van der Waals surface area contributed by atoms with Crippen molar-refractivity contribution in [2.45, 2.75) is 50.3 Å². The van der Waals surface area contributed by atoms with Gasteiger partial charge in [0.05, 0.1) is 11.6 Å². The average molecular weight is 487 g/mol. The molecule has 2 aromatic carbocycles. The summed E-state index contributed by atoms with van der Waals surface area (Å²) in [6, 6.07) is 13.8. The van der Waals surface area contributed by atoms with Crippen LogP contribution in [0.15, 0.2) is 48.5 Å². The van der Waals surface area contributed by atoms with Crippen LogP contribution >= 0.6 is 11.6 Å². The topological polar surface area (TPSA) is 88.1 Å². The average Bonchev–Trinajstić information content (AvgIpc) is 2.84. The molecule has 0 aromatic heterocycles. The summed E-state index contributed by atoms with van der Waals surface area (Å²) < 4.78 is 11.8. The Bertz CT molecular complexity index is 1010. The van der Waals surface area contributed by atoms with E-state index in [1.54, 1.807) is 24.3 Å². The van der Waals surface area contributed by atoms with Crippen molar-refractivity contribution < 1.29 is 24.2 Å². The molecule has 0 saturated carbocycles. The number of carboxylic acid groups (broad SMARTS) is 1. The summed E-state index contributed by atoms with van der Waals surface area (Å²) in [4.78, 5) is 27.1. The number of nitrogens with zero attached hydrogens (tertiary/aromatic N) is 1. The maximum atomic E-state index is 13.7. The standard InChI is InChI=1S/C26H31ClN2O5/c1-18(19-7-9-20(10-8-19)24(30)31)28-25(32)26(11-14-33-15-12-26)29-13-3-6-23(17-29)34-22-5-2-4-21(27)16-22/h2,4-5,7-10,16,18,23H,3,6,11-15,17H2,1H3,(H,28,32)(H,30,31)/t18-,23+/m0/s1. The Kier molecular flexibility index (Phi) is 7.76. The van der Waals surface area contributed by atoms with Crippen molar-refractivity contribution in [2.24, 2.45) is 0 Å². The molecular weight excluding hydrogens is 456 g/mol. The summed E-state index contributed by atoms with van der Waals surface area (Å²) in [6.45, 7) is 4.46. The number of amides is 1. The van der Waals surface area contributed by atoms with Crippen molar-refractivity contribution >= 4 is 23.5 Å². The fourth-order valence-corrected chi connectivity index (χ4v) is 5.06. The van der Waals surface area contributed by atoms with Gasteiger partial charge in [-0.25, -0.2) is 4.79 Å². The fraction of sp³-hybridized carbons (Fsp3) is 0.462. The minimum Gasteiger partial charge on any atom is -0.489 e. The first-order valence-electron chi connectivity index (χ1n) is 11.8. The molecule has 2 aliphatic rings. The second kappa shape index (κ2) is 10.8. The molecule has 182 valence electrons.